The maximum atomic E-state index is 11.1. The second kappa shape index (κ2) is 4.00. The van der Waals surface area contributed by atoms with Crippen molar-refractivity contribution >= 4 is 11.5 Å². The van der Waals surface area contributed by atoms with Gasteiger partial charge in [0.05, 0.1) is 10.5 Å². The van der Waals surface area contributed by atoms with Crippen LogP contribution in [0.25, 0.3) is 0 Å². The van der Waals surface area contributed by atoms with Gasteiger partial charge in [-0.05, 0) is 25.0 Å². The topological polar surface area (TPSA) is 60.2 Å². The SMILES string of the molecule is CCc1ccc(C(C)=O)c([N+](=O)[O-])c1. The van der Waals surface area contributed by atoms with Crippen LogP contribution in [0.4, 0.5) is 5.69 Å². The number of Topliss-reactive ketones (excluding diaryl/α,β-unsaturated/α-hetero) is 1. The highest BCUT2D eigenvalue weighted by Gasteiger charge is 2.16. The summed E-state index contributed by atoms with van der Waals surface area (Å²) in [7, 11) is 0. The first-order valence-corrected chi connectivity index (χ1v) is 4.34. The molecule has 1 aromatic rings. The molecule has 0 bridgehead atoms. The number of carbonyl (C=O) groups is 1. The van der Waals surface area contributed by atoms with Crippen molar-refractivity contribution in [3.8, 4) is 0 Å². The fourth-order valence-electron chi connectivity index (χ4n) is 1.25. The predicted octanol–water partition coefficient (Wildman–Crippen LogP) is 2.36. The molecule has 0 spiro atoms. The van der Waals surface area contributed by atoms with Crippen molar-refractivity contribution in [3.05, 3.63) is 39.4 Å². The number of ketones is 1. The van der Waals surface area contributed by atoms with E-state index in [9.17, 15) is 14.9 Å². The Bertz CT molecular complexity index is 385. The van der Waals surface area contributed by atoms with Gasteiger partial charge in [0.25, 0.3) is 5.69 Å². The van der Waals surface area contributed by atoms with E-state index in [1.54, 1.807) is 6.07 Å². The average molecular weight is 193 g/mol. The predicted molar refractivity (Wildman–Crippen MR) is 52.5 cm³/mol. The lowest BCUT2D eigenvalue weighted by Gasteiger charge is -2.01. The normalized spacial score (nSPS) is 9.86. The van der Waals surface area contributed by atoms with Crippen LogP contribution >= 0.6 is 0 Å². The largest absolute Gasteiger partial charge is 0.294 e. The van der Waals surface area contributed by atoms with Gasteiger partial charge in [0.2, 0.25) is 0 Å². The molecule has 0 aliphatic carbocycles. The van der Waals surface area contributed by atoms with E-state index in [4.69, 9.17) is 0 Å². The third kappa shape index (κ3) is 1.96. The van der Waals surface area contributed by atoms with Gasteiger partial charge < -0.3 is 0 Å². The van der Waals surface area contributed by atoms with Gasteiger partial charge >= 0.3 is 0 Å². The second-order valence-electron chi connectivity index (χ2n) is 3.02. The van der Waals surface area contributed by atoms with Gasteiger partial charge in [-0.3, -0.25) is 14.9 Å². The van der Waals surface area contributed by atoms with Crippen LogP contribution in [-0.2, 0) is 6.42 Å². The molecule has 1 rings (SSSR count). The van der Waals surface area contributed by atoms with Gasteiger partial charge in [-0.1, -0.05) is 13.0 Å². The van der Waals surface area contributed by atoms with E-state index in [1.807, 2.05) is 6.92 Å². The summed E-state index contributed by atoms with van der Waals surface area (Å²) < 4.78 is 0. The van der Waals surface area contributed by atoms with Crippen LogP contribution in [0.2, 0.25) is 0 Å². The number of nitro benzene ring substituents is 1. The van der Waals surface area contributed by atoms with Crippen LogP contribution in [0.3, 0.4) is 0 Å². The fourth-order valence-corrected chi connectivity index (χ4v) is 1.25. The van der Waals surface area contributed by atoms with E-state index < -0.39 is 4.92 Å². The highest BCUT2D eigenvalue weighted by Crippen LogP contribution is 2.20. The number of nitro groups is 1. The van der Waals surface area contributed by atoms with E-state index in [0.29, 0.717) is 0 Å². The highest BCUT2D eigenvalue weighted by molar-refractivity contribution is 5.98. The Hall–Kier alpha value is -1.71. The molecule has 0 amide bonds. The summed E-state index contributed by atoms with van der Waals surface area (Å²) in [6.07, 6.45) is 0.721. The van der Waals surface area contributed by atoms with Gasteiger partial charge in [-0.2, -0.15) is 0 Å². The number of carbonyl (C=O) groups excluding carboxylic acids is 1. The number of aryl methyl sites for hydroxylation is 1. The molecule has 74 valence electrons. The average Bonchev–Trinajstić information content (AvgIpc) is 2.16. The zero-order valence-corrected chi connectivity index (χ0v) is 8.11. The van der Waals surface area contributed by atoms with Crippen LogP contribution in [0.15, 0.2) is 18.2 Å². The summed E-state index contributed by atoms with van der Waals surface area (Å²) in [6.45, 7) is 3.24. The Morgan fingerprint density at radius 2 is 2.14 bits per heavy atom. The maximum Gasteiger partial charge on any atom is 0.280 e. The lowest BCUT2D eigenvalue weighted by Crippen LogP contribution is -2.00. The molecule has 1 aromatic carbocycles. The minimum atomic E-state index is -0.518. The van der Waals surface area contributed by atoms with Gasteiger partial charge in [0, 0.05) is 6.07 Å². The molecule has 0 unspecified atom stereocenters. The van der Waals surface area contributed by atoms with Crippen molar-refractivity contribution in [2.45, 2.75) is 20.3 Å². The summed E-state index contributed by atoms with van der Waals surface area (Å²) in [5, 5.41) is 10.6. The minimum absolute atomic E-state index is 0.100. The summed E-state index contributed by atoms with van der Waals surface area (Å²) >= 11 is 0. The highest BCUT2D eigenvalue weighted by atomic mass is 16.6. The van der Waals surface area contributed by atoms with Crippen molar-refractivity contribution < 1.29 is 9.72 Å². The standard InChI is InChI=1S/C10H11NO3/c1-3-8-4-5-9(7(2)12)10(6-8)11(13)14/h4-6H,3H2,1-2H3. The van der Waals surface area contributed by atoms with E-state index in [-0.39, 0.29) is 17.0 Å². The number of hydrogen-bond donors (Lipinski definition) is 0. The smallest absolute Gasteiger partial charge is 0.280 e. The first-order valence-electron chi connectivity index (χ1n) is 4.34. The molecule has 4 heteroatoms. The van der Waals surface area contributed by atoms with Gasteiger partial charge in [-0.15, -0.1) is 0 Å². The van der Waals surface area contributed by atoms with Gasteiger partial charge in [0.15, 0.2) is 5.78 Å². The van der Waals surface area contributed by atoms with Crippen molar-refractivity contribution in [3.63, 3.8) is 0 Å². The van der Waals surface area contributed by atoms with Crippen LogP contribution in [-0.4, -0.2) is 10.7 Å². The van der Waals surface area contributed by atoms with Crippen molar-refractivity contribution in [2.24, 2.45) is 0 Å². The maximum absolute atomic E-state index is 11.1. The van der Waals surface area contributed by atoms with Crippen molar-refractivity contribution in [2.75, 3.05) is 0 Å². The summed E-state index contributed by atoms with van der Waals surface area (Å²) in [5.74, 6) is -0.278. The minimum Gasteiger partial charge on any atom is -0.294 e. The monoisotopic (exact) mass is 193 g/mol. The van der Waals surface area contributed by atoms with Crippen LogP contribution in [0, 0.1) is 10.1 Å². The molecule has 0 atom stereocenters. The molecule has 0 N–H and O–H groups in total. The van der Waals surface area contributed by atoms with Crippen LogP contribution in [0.5, 0.6) is 0 Å². The van der Waals surface area contributed by atoms with Crippen LogP contribution < -0.4 is 0 Å². The zero-order valence-electron chi connectivity index (χ0n) is 8.11. The fraction of sp³-hybridized carbons (Fsp3) is 0.300. The number of nitrogens with zero attached hydrogens (tertiary/aromatic N) is 1. The van der Waals surface area contributed by atoms with E-state index >= 15 is 0 Å². The molecule has 0 aliphatic rings. The third-order valence-electron chi connectivity index (χ3n) is 2.05. The first-order chi connectivity index (χ1) is 6.56. The number of benzene rings is 1. The lowest BCUT2D eigenvalue weighted by molar-refractivity contribution is -0.385. The Kier molecular flexibility index (Phi) is 2.96. The number of rotatable bonds is 3. The second-order valence-corrected chi connectivity index (χ2v) is 3.02. The van der Waals surface area contributed by atoms with E-state index in [1.165, 1.54) is 19.1 Å². The van der Waals surface area contributed by atoms with E-state index in [0.717, 1.165) is 12.0 Å². The molecule has 0 radical (unpaired) electrons. The molecule has 0 aromatic heterocycles. The first kappa shape index (κ1) is 10.4. The molecule has 0 saturated heterocycles. The molecule has 4 nitrogen and oxygen atoms in total. The molecule has 0 saturated carbocycles. The Balaban J connectivity index is 3.31. The van der Waals surface area contributed by atoms with Gasteiger partial charge in [0.1, 0.15) is 0 Å². The van der Waals surface area contributed by atoms with Crippen molar-refractivity contribution in [1.29, 1.82) is 0 Å². The Morgan fingerprint density at radius 3 is 2.57 bits per heavy atom. The molecule has 0 aliphatic heterocycles. The Morgan fingerprint density at radius 1 is 1.50 bits per heavy atom. The van der Waals surface area contributed by atoms with Crippen LogP contribution in [0.1, 0.15) is 29.8 Å². The zero-order chi connectivity index (χ0) is 10.7. The molecular formula is C10H11NO3. The molecule has 0 heterocycles. The number of hydrogen-bond acceptors (Lipinski definition) is 3. The quantitative estimate of drug-likeness (QED) is 0.420. The molecule has 14 heavy (non-hydrogen) atoms. The van der Waals surface area contributed by atoms with Gasteiger partial charge in [-0.25, -0.2) is 0 Å². The summed E-state index contributed by atoms with van der Waals surface area (Å²) in [6, 6.07) is 4.71. The molecule has 0 fully saturated rings. The summed E-state index contributed by atoms with van der Waals surface area (Å²) in [4.78, 5) is 21.2. The molecular weight excluding hydrogens is 182 g/mol. The van der Waals surface area contributed by atoms with Crippen molar-refractivity contribution in [1.82, 2.24) is 0 Å². The summed E-state index contributed by atoms with van der Waals surface area (Å²) in [5.41, 5.74) is 0.936. The lowest BCUT2D eigenvalue weighted by atomic mass is 10.1. The van der Waals surface area contributed by atoms with E-state index in [2.05, 4.69) is 0 Å². The Labute approximate surface area is 81.7 Å². The third-order valence-corrected chi connectivity index (χ3v) is 2.05.